The van der Waals surface area contributed by atoms with Gasteiger partial charge in [-0.3, -0.25) is 0 Å². The first-order chi connectivity index (χ1) is 9.92. The first-order valence-corrected chi connectivity index (χ1v) is 9.73. The second-order valence-corrected chi connectivity index (χ2v) is 8.80. The molecule has 2 rings (SSSR count). The molecule has 0 spiro atoms. The highest BCUT2D eigenvalue weighted by atomic mass is 32.2. The highest BCUT2D eigenvalue weighted by Crippen LogP contribution is 2.26. The van der Waals surface area contributed by atoms with E-state index in [4.69, 9.17) is 0 Å². The summed E-state index contributed by atoms with van der Waals surface area (Å²) in [5.74, 6) is 0. The van der Waals surface area contributed by atoms with Gasteiger partial charge in [0.25, 0.3) is 0 Å². The number of sulfonamides is 1. The van der Waals surface area contributed by atoms with E-state index in [-0.39, 0.29) is 6.04 Å². The number of rotatable bonds is 7. The lowest BCUT2D eigenvalue weighted by molar-refractivity contribution is 0.407. The number of hydrogen-bond donors (Lipinski definition) is 2. The molecular weight excluding hydrogens is 306 g/mol. The second-order valence-electron chi connectivity index (χ2n) is 5.72. The summed E-state index contributed by atoms with van der Waals surface area (Å²) < 4.78 is 28.2. The smallest absolute Gasteiger partial charge is 0.250 e. The third kappa shape index (κ3) is 4.50. The first-order valence-electron chi connectivity index (χ1n) is 7.43. The molecule has 1 unspecified atom stereocenters. The van der Waals surface area contributed by atoms with E-state index < -0.39 is 10.0 Å². The molecule has 2 N–H and O–H groups in total. The molecule has 1 aromatic rings. The Labute approximate surface area is 131 Å². The van der Waals surface area contributed by atoms with E-state index in [9.17, 15) is 8.42 Å². The van der Waals surface area contributed by atoms with E-state index in [1.165, 1.54) is 11.3 Å². The molecule has 7 heteroatoms. The van der Waals surface area contributed by atoms with Crippen molar-refractivity contribution < 1.29 is 8.42 Å². The average molecular weight is 332 g/mol. The molecule has 0 bridgehead atoms. The van der Waals surface area contributed by atoms with Gasteiger partial charge in [-0.25, -0.2) is 13.1 Å². The molecule has 0 amide bonds. The average Bonchev–Trinajstić information content (AvgIpc) is 2.97. The first kappa shape index (κ1) is 16.9. The number of aryl methyl sites for hydroxylation is 1. The predicted molar refractivity (Wildman–Crippen MR) is 87.3 cm³/mol. The molecule has 1 atom stereocenters. The lowest BCUT2D eigenvalue weighted by atomic mass is 10.3. The van der Waals surface area contributed by atoms with E-state index in [0.717, 1.165) is 49.5 Å². The number of likely N-dealkylation sites (N-methyl/N-ethyl adjacent to an activating group) is 1. The zero-order valence-corrected chi connectivity index (χ0v) is 14.6. The van der Waals surface area contributed by atoms with Gasteiger partial charge in [-0.15, -0.1) is 11.3 Å². The molecule has 120 valence electrons. The van der Waals surface area contributed by atoms with Gasteiger partial charge in [0.05, 0.1) is 0 Å². The Hall–Kier alpha value is -0.470. The van der Waals surface area contributed by atoms with E-state index in [1.807, 2.05) is 14.0 Å². The SMILES string of the molecule is CCCNCc1sc(S(=O)(=O)NC2CCN(C)C2)cc1C. The van der Waals surface area contributed by atoms with Crippen molar-refractivity contribution in [1.82, 2.24) is 14.9 Å². The van der Waals surface area contributed by atoms with Crippen LogP contribution in [0.25, 0.3) is 0 Å². The third-order valence-electron chi connectivity index (χ3n) is 3.69. The van der Waals surface area contributed by atoms with Gasteiger partial charge in [-0.05, 0) is 51.5 Å². The summed E-state index contributed by atoms with van der Waals surface area (Å²) in [4.78, 5) is 3.25. The Morgan fingerprint density at radius 3 is 2.86 bits per heavy atom. The maximum absolute atomic E-state index is 12.5. The molecule has 0 aromatic carbocycles. The van der Waals surface area contributed by atoms with Crippen LogP contribution in [0.5, 0.6) is 0 Å². The number of nitrogens with zero attached hydrogens (tertiary/aromatic N) is 1. The fourth-order valence-electron chi connectivity index (χ4n) is 2.48. The van der Waals surface area contributed by atoms with Crippen molar-refractivity contribution in [1.29, 1.82) is 0 Å². The maximum Gasteiger partial charge on any atom is 0.250 e. The largest absolute Gasteiger partial charge is 0.312 e. The lowest BCUT2D eigenvalue weighted by Crippen LogP contribution is -2.36. The van der Waals surface area contributed by atoms with Crippen LogP contribution in [-0.2, 0) is 16.6 Å². The third-order valence-corrected chi connectivity index (χ3v) is 6.92. The Morgan fingerprint density at radius 2 is 2.24 bits per heavy atom. The molecule has 1 saturated heterocycles. The summed E-state index contributed by atoms with van der Waals surface area (Å²) >= 11 is 1.37. The van der Waals surface area contributed by atoms with Crippen molar-refractivity contribution in [2.24, 2.45) is 0 Å². The number of likely N-dealkylation sites (tertiary alicyclic amines) is 1. The zero-order valence-electron chi connectivity index (χ0n) is 13.0. The Bertz CT molecular complexity index is 569. The minimum absolute atomic E-state index is 0.0315. The van der Waals surface area contributed by atoms with Crippen LogP contribution in [0.3, 0.4) is 0 Å². The highest BCUT2D eigenvalue weighted by Gasteiger charge is 2.26. The molecular formula is C14H25N3O2S2. The van der Waals surface area contributed by atoms with Gasteiger partial charge in [0, 0.05) is 24.0 Å². The van der Waals surface area contributed by atoms with Crippen molar-refractivity contribution in [3.8, 4) is 0 Å². The van der Waals surface area contributed by atoms with Crippen LogP contribution in [0, 0.1) is 6.92 Å². The van der Waals surface area contributed by atoms with Crippen LogP contribution in [0.4, 0.5) is 0 Å². The molecule has 1 fully saturated rings. The van der Waals surface area contributed by atoms with Gasteiger partial charge in [0.15, 0.2) is 0 Å². The van der Waals surface area contributed by atoms with Gasteiger partial charge < -0.3 is 10.2 Å². The van der Waals surface area contributed by atoms with Gasteiger partial charge in [0.1, 0.15) is 4.21 Å². The standard InChI is InChI=1S/C14H25N3O2S2/c1-4-6-15-9-13-11(2)8-14(20-13)21(18,19)16-12-5-7-17(3)10-12/h8,12,15-16H,4-7,9-10H2,1-3H3. The van der Waals surface area contributed by atoms with E-state index in [0.29, 0.717) is 4.21 Å². The molecule has 21 heavy (non-hydrogen) atoms. The molecule has 0 aliphatic carbocycles. The monoisotopic (exact) mass is 331 g/mol. The minimum Gasteiger partial charge on any atom is -0.312 e. The molecule has 1 aliphatic heterocycles. The topological polar surface area (TPSA) is 61.4 Å². The number of nitrogens with one attached hydrogen (secondary N) is 2. The van der Waals surface area contributed by atoms with Crippen molar-refractivity contribution in [3.63, 3.8) is 0 Å². The number of hydrogen-bond acceptors (Lipinski definition) is 5. The maximum atomic E-state index is 12.5. The van der Waals surface area contributed by atoms with Gasteiger partial charge in [-0.2, -0.15) is 0 Å². The fraction of sp³-hybridized carbons (Fsp3) is 0.714. The van der Waals surface area contributed by atoms with Crippen molar-refractivity contribution in [2.45, 2.75) is 43.5 Å². The Morgan fingerprint density at radius 1 is 1.48 bits per heavy atom. The van der Waals surface area contributed by atoms with E-state index >= 15 is 0 Å². The van der Waals surface area contributed by atoms with Crippen LogP contribution in [0.2, 0.25) is 0 Å². The normalized spacial score (nSPS) is 20.2. The summed E-state index contributed by atoms with van der Waals surface area (Å²) in [5.41, 5.74) is 1.05. The highest BCUT2D eigenvalue weighted by molar-refractivity contribution is 7.91. The van der Waals surface area contributed by atoms with Crippen LogP contribution < -0.4 is 10.0 Å². The van der Waals surface area contributed by atoms with Crippen LogP contribution in [-0.4, -0.2) is 46.0 Å². The van der Waals surface area contributed by atoms with E-state index in [2.05, 4.69) is 21.9 Å². The Kier molecular flexibility index (Phi) is 5.79. The fourth-order valence-corrected chi connectivity index (χ4v) is 5.32. The quantitative estimate of drug-likeness (QED) is 0.744. The molecule has 2 heterocycles. The van der Waals surface area contributed by atoms with Gasteiger partial charge >= 0.3 is 0 Å². The van der Waals surface area contributed by atoms with Crippen LogP contribution in [0.15, 0.2) is 10.3 Å². The second kappa shape index (κ2) is 7.19. The molecule has 0 radical (unpaired) electrons. The Balaban J connectivity index is 2.04. The van der Waals surface area contributed by atoms with Crippen molar-refractivity contribution in [2.75, 3.05) is 26.7 Å². The predicted octanol–water partition coefficient (Wildman–Crippen LogP) is 1.54. The van der Waals surface area contributed by atoms with Crippen molar-refractivity contribution in [3.05, 3.63) is 16.5 Å². The summed E-state index contributed by atoms with van der Waals surface area (Å²) in [6, 6.07) is 1.82. The molecule has 5 nitrogen and oxygen atoms in total. The van der Waals surface area contributed by atoms with Crippen LogP contribution in [0.1, 0.15) is 30.2 Å². The van der Waals surface area contributed by atoms with Crippen LogP contribution >= 0.6 is 11.3 Å². The van der Waals surface area contributed by atoms with Crippen molar-refractivity contribution >= 4 is 21.4 Å². The number of thiophene rings is 1. The minimum atomic E-state index is -3.39. The summed E-state index contributed by atoms with van der Waals surface area (Å²) in [6.07, 6.45) is 1.96. The molecule has 1 aliphatic rings. The molecule has 0 saturated carbocycles. The summed E-state index contributed by atoms with van der Waals surface area (Å²) in [7, 11) is -1.37. The summed E-state index contributed by atoms with van der Waals surface area (Å²) in [6.45, 7) is 7.52. The zero-order chi connectivity index (χ0) is 15.5. The van der Waals surface area contributed by atoms with Gasteiger partial charge in [-0.1, -0.05) is 6.92 Å². The summed E-state index contributed by atoms with van der Waals surface area (Å²) in [5, 5.41) is 3.32. The van der Waals surface area contributed by atoms with Gasteiger partial charge in [0.2, 0.25) is 10.0 Å². The van der Waals surface area contributed by atoms with E-state index in [1.54, 1.807) is 6.07 Å². The molecule has 1 aromatic heterocycles. The lowest BCUT2D eigenvalue weighted by Gasteiger charge is -2.12.